The van der Waals surface area contributed by atoms with Crippen LogP contribution in [-0.2, 0) is 15.8 Å². The Bertz CT molecular complexity index is 642. The molecule has 0 spiro atoms. The lowest BCUT2D eigenvalue weighted by Gasteiger charge is -2.33. The van der Waals surface area contributed by atoms with E-state index < -0.39 is 10.0 Å². The van der Waals surface area contributed by atoms with Gasteiger partial charge in [-0.05, 0) is 49.8 Å². The van der Waals surface area contributed by atoms with Crippen molar-refractivity contribution < 1.29 is 8.42 Å². The van der Waals surface area contributed by atoms with Crippen LogP contribution in [0.1, 0.15) is 30.4 Å². The zero-order chi connectivity index (χ0) is 17.0. The summed E-state index contributed by atoms with van der Waals surface area (Å²) < 4.78 is 27.3. The summed E-state index contributed by atoms with van der Waals surface area (Å²) in [5.74, 6) is 2.61. The van der Waals surface area contributed by atoms with Gasteiger partial charge >= 0.3 is 0 Å². The highest BCUT2D eigenvalue weighted by Gasteiger charge is 2.28. The number of benzene rings is 1. The van der Waals surface area contributed by atoms with Crippen molar-refractivity contribution in [3.05, 3.63) is 35.4 Å². The number of hydrogen-bond donors (Lipinski definition) is 0. The first-order valence-electron chi connectivity index (χ1n) is 8.90. The van der Waals surface area contributed by atoms with Crippen molar-refractivity contribution in [2.24, 2.45) is 0 Å². The standard InChI is InChI=1S/C18H28N2O2S2/c1-16-4-2-5-17(14-16)15-24(21,22)20-9-3-8-19(10-11-20)18-6-12-23-13-7-18/h2,4-5,14,18H,3,6-13,15H2,1H3. The summed E-state index contributed by atoms with van der Waals surface area (Å²) in [6, 6.07) is 8.48. The molecule has 134 valence electrons. The highest BCUT2D eigenvalue weighted by Crippen LogP contribution is 2.23. The fourth-order valence-electron chi connectivity index (χ4n) is 3.71. The van der Waals surface area contributed by atoms with E-state index in [0.29, 0.717) is 19.1 Å². The summed E-state index contributed by atoms with van der Waals surface area (Å²) in [6.07, 6.45) is 3.44. The Hall–Kier alpha value is -0.560. The molecule has 6 heteroatoms. The van der Waals surface area contributed by atoms with Gasteiger partial charge in [0.15, 0.2) is 0 Å². The normalized spacial score (nSPS) is 22.4. The Morgan fingerprint density at radius 1 is 1.12 bits per heavy atom. The Kier molecular flexibility index (Phi) is 6.24. The summed E-state index contributed by atoms with van der Waals surface area (Å²) >= 11 is 2.04. The first kappa shape index (κ1) is 18.2. The van der Waals surface area contributed by atoms with Crippen LogP contribution in [0.25, 0.3) is 0 Å². The third-order valence-electron chi connectivity index (χ3n) is 5.02. The predicted molar refractivity (Wildman–Crippen MR) is 102 cm³/mol. The molecule has 0 N–H and O–H groups in total. The van der Waals surface area contributed by atoms with Crippen LogP contribution in [0.5, 0.6) is 0 Å². The van der Waals surface area contributed by atoms with E-state index in [2.05, 4.69) is 4.90 Å². The van der Waals surface area contributed by atoms with Gasteiger partial charge < -0.3 is 0 Å². The Morgan fingerprint density at radius 2 is 1.92 bits per heavy atom. The maximum Gasteiger partial charge on any atom is 0.218 e. The lowest BCUT2D eigenvalue weighted by Crippen LogP contribution is -2.41. The minimum absolute atomic E-state index is 0.120. The highest BCUT2D eigenvalue weighted by molar-refractivity contribution is 7.99. The molecule has 3 rings (SSSR count). The van der Waals surface area contributed by atoms with Gasteiger partial charge in [-0.3, -0.25) is 4.90 Å². The lowest BCUT2D eigenvalue weighted by molar-refractivity contribution is 0.195. The second-order valence-corrected chi connectivity index (χ2v) is 10.1. The van der Waals surface area contributed by atoms with Gasteiger partial charge in [0.1, 0.15) is 0 Å². The molecule has 4 nitrogen and oxygen atoms in total. The largest absolute Gasteiger partial charge is 0.299 e. The van der Waals surface area contributed by atoms with Crippen molar-refractivity contribution in [3.63, 3.8) is 0 Å². The van der Waals surface area contributed by atoms with Crippen LogP contribution in [0, 0.1) is 6.92 Å². The molecule has 2 saturated heterocycles. The van der Waals surface area contributed by atoms with E-state index in [9.17, 15) is 8.42 Å². The Labute approximate surface area is 150 Å². The van der Waals surface area contributed by atoms with Gasteiger partial charge in [0.2, 0.25) is 10.0 Å². The van der Waals surface area contributed by atoms with Gasteiger partial charge in [0.05, 0.1) is 5.75 Å². The number of aryl methyl sites for hydroxylation is 1. The van der Waals surface area contributed by atoms with Crippen molar-refractivity contribution in [3.8, 4) is 0 Å². The molecule has 0 aromatic heterocycles. The molecule has 0 atom stereocenters. The SMILES string of the molecule is Cc1cccc(CS(=O)(=O)N2CCCN(C3CCSCC3)CC2)c1. The predicted octanol–water partition coefficient (Wildman–Crippen LogP) is 2.73. The van der Waals surface area contributed by atoms with Crippen LogP contribution in [0.15, 0.2) is 24.3 Å². The van der Waals surface area contributed by atoms with Crippen LogP contribution >= 0.6 is 11.8 Å². The van der Waals surface area contributed by atoms with Gasteiger partial charge in [-0.1, -0.05) is 29.8 Å². The average Bonchev–Trinajstić information content (AvgIpc) is 2.82. The summed E-state index contributed by atoms with van der Waals surface area (Å²) in [4.78, 5) is 2.53. The van der Waals surface area contributed by atoms with E-state index in [0.717, 1.165) is 30.6 Å². The molecule has 2 fully saturated rings. The third-order valence-corrected chi connectivity index (χ3v) is 7.92. The number of nitrogens with zero attached hydrogens (tertiary/aromatic N) is 2. The fourth-order valence-corrected chi connectivity index (χ4v) is 6.34. The summed E-state index contributed by atoms with van der Waals surface area (Å²) in [6.45, 7) is 5.21. The number of thioether (sulfide) groups is 1. The Balaban J connectivity index is 1.62. The minimum Gasteiger partial charge on any atom is -0.299 e. The zero-order valence-corrected chi connectivity index (χ0v) is 16.1. The van der Waals surface area contributed by atoms with Gasteiger partial charge in [-0.25, -0.2) is 12.7 Å². The molecule has 0 aliphatic carbocycles. The van der Waals surface area contributed by atoms with Crippen molar-refractivity contribution in [1.82, 2.24) is 9.21 Å². The first-order chi connectivity index (χ1) is 11.5. The second kappa shape index (κ2) is 8.21. The molecule has 2 aliphatic rings. The molecule has 2 heterocycles. The van der Waals surface area contributed by atoms with Crippen LogP contribution in [-0.4, -0.2) is 61.3 Å². The van der Waals surface area contributed by atoms with E-state index in [1.807, 2.05) is 43.0 Å². The maximum absolute atomic E-state index is 12.8. The minimum atomic E-state index is -3.23. The Morgan fingerprint density at radius 3 is 2.67 bits per heavy atom. The van der Waals surface area contributed by atoms with Gasteiger partial charge in [-0.15, -0.1) is 0 Å². The average molecular weight is 369 g/mol. The van der Waals surface area contributed by atoms with Gasteiger partial charge in [-0.2, -0.15) is 11.8 Å². The van der Waals surface area contributed by atoms with Gasteiger partial charge in [0, 0.05) is 25.7 Å². The molecule has 24 heavy (non-hydrogen) atoms. The van der Waals surface area contributed by atoms with Crippen LogP contribution in [0.2, 0.25) is 0 Å². The monoisotopic (exact) mass is 368 g/mol. The van der Waals surface area contributed by atoms with Gasteiger partial charge in [0.25, 0.3) is 0 Å². The molecule has 0 unspecified atom stereocenters. The van der Waals surface area contributed by atoms with Crippen molar-refractivity contribution in [1.29, 1.82) is 0 Å². The third kappa shape index (κ3) is 4.75. The molecule has 0 saturated carbocycles. The summed E-state index contributed by atoms with van der Waals surface area (Å²) in [5.41, 5.74) is 2.00. The van der Waals surface area contributed by atoms with Crippen LogP contribution in [0.3, 0.4) is 0 Å². The maximum atomic E-state index is 12.8. The first-order valence-corrected chi connectivity index (χ1v) is 11.7. The number of rotatable bonds is 4. The van der Waals surface area contributed by atoms with Crippen LogP contribution in [0.4, 0.5) is 0 Å². The molecule has 2 aliphatic heterocycles. The molecule has 0 amide bonds. The number of hydrogen-bond acceptors (Lipinski definition) is 4. The second-order valence-electron chi connectivity index (χ2n) is 6.88. The number of sulfonamides is 1. The molecule has 1 aromatic carbocycles. The van der Waals surface area contributed by atoms with E-state index in [-0.39, 0.29) is 5.75 Å². The van der Waals surface area contributed by atoms with Crippen LogP contribution < -0.4 is 0 Å². The highest BCUT2D eigenvalue weighted by atomic mass is 32.2. The molecule has 0 bridgehead atoms. The fraction of sp³-hybridized carbons (Fsp3) is 0.667. The van der Waals surface area contributed by atoms with E-state index >= 15 is 0 Å². The van der Waals surface area contributed by atoms with E-state index in [1.54, 1.807) is 4.31 Å². The quantitative estimate of drug-likeness (QED) is 0.819. The summed E-state index contributed by atoms with van der Waals surface area (Å²) in [5, 5.41) is 0. The smallest absolute Gasteiger partial charge is 0.218 e. The molecule has 0 radical (unpaired) electrons. The van der Waals surface area contributed by atoms with Crippen molar-refractivity contribution >= 4 is 21.8 Å². The van der Waals surface area contributed by atoms with Crippen molar-refractivity contribution in [2.75, 3.05) is 37.7 Å². The lowest BCUT2D eigenvalue weighted by atomic mass is 10.1. The van der Waals surface area contributed by atoms with E-state index in [4.69, 9.17) is 0 Å². The van der Waals surface area contributed by atoms with E-state index in [1.165, 1.54) is 24.3 Å². The zero-order valence-electron chi connectivity index (χ0n) is 14.5. The van der Waals surface area contributed by atoms with Crippen molar-refractivity contribution in [2.45, 2.75) is 38.0 Å². The molecular weight excluding hydrogens is 340 g/mol. The molecular formula is C18H28N2O2S2. The molecule has 1 aromatic rings. The summed E-state index contributed by atoms with van der Waals surface area (Å²) in [7, 11) is -3.23. The topological polar surface area (TPSA) is 40.6 Å².